The lowest BCUT2D eigenvalue weighted by Crippen LogP contribution is -2.35. The van der Waals surface area contributed by atoms with Crippen molar-refractivity contribution in [1.82, 2.24) is 20.4 Å². The molecule has 1 aromatic heterocycles. The van der Waals surface area contributed by atoms with E-state index < -0.39 is 0 Å². The van der Waals surface area contributed by atoms with E-state index in [1.807, 2.05) is 18.2 Å². The second kappa shape index (κ2) is 8.10. The Morgan fingerprint density at radius 2 is 2.03 bits per heavy atom. The number of aromatic nitrogens is 2. The fraction of sp³-hybridized carbons (Fsp3) is 0.182. The van der Waals surface area contributed by atoms with Gasteiger partial charge >= 0.3 is 0 Å². The molecule has 3 aromatic rings. The lowest BCUT2D eigenvalue weighted by molar-refractivity contribution is -0.126. The van der Waals surface area contributed by atoms with Crippen molar-refractivity contribution < 1.29 is 14.1 Å². The summed E-state index contributed by atoms with van der Waals surface area (Å²) in [7, 11) is 0. The fourth-order valence-corrected chi connectivity index (χ4v) is 3.52. The molecule has 0 saturated carbocycles. The molecule has 0 fully saturated rings. The summed E-state index contributed by atoms with van der Waals surface area (Å²) in [6, 6.07) is 13.1. The number of nitrogens with zero attached hydrogens (tertiary/aromatic N) is 3. The molecule has 1 aliphatic heterocycles. The van der Waals surface area contributed by atoms with Crippen LogP contribution in [-0.2, 0) is 24.3 Å². The van der Waals surface area contributed by atoms with Crippen LogP contribution in [0, 0.1) is 0 Å². The predicted octanol–water partition coefficient (Wildman–Crippen LogP) is 2.74. The normalized spacial score (nSPS) is 12.9. The Hall–Kier alpha value is -3.74. The number of hydrogen-bond acceptors (Lipinski definition) is 5. The van der Waals surface area contributed by atoms with Crippen LogP contribution in [0.5, 0.6) is 0 Å². The highest BCUT2D eigenvalue weighted by molar-refractivity contribution is 5.94. The maximum absolute atomic E-state index is 12.5. The van der Waals surface area contributed by atoms with Crippen LogP contribution < -0.4 is 5.32 Å². The first-order valence-electron chi connectivity index (χ1n) is 9.31. The van der Waals surface area contributed by atoms with Crippen molar-refractivity contribution in [2.24, 2.45) is 0 Å². The largest absolute Gasteiger partial charge is 0.348 e. The van der Waals surface area contributed by atoms with E-state index in [0.717, 1.165) is 23.1 Å². The molecule has 7 heteroatoms. The molecule has 146 valence electrons. The van der Waals surface area contributed by atoms with Crippen molar-refractivity contribution in [3.63, 3.8) is 0 Å². The fourth-order valence-electron chi connectivity index (χ4n) is 3.52. The molecule has 0 bridgehead atoms. The first-order chi connectivity index (χ1) is 14.2. The van der Waals surface area contributed by atoms with Crippen molar-refractivity contribution in [2.75, 3.05) is 6.54 Å². The van der Waals surface area contributed by atoms with Gasteiger partial charge in [-0.05, 0) is 41.3 Å². The Bertz CT molecular complexity index is 1040. The molecule has 0 unspecified atom stereocenters. The van der Waals surface area contributed by atoms with Crippen molar-refractivity contribution in [1.29, 1.82) is 0 Å². The standard InChI is InChI=1S/C22H20N4O3/c1-2-20(27)26-11-10-19-17(4-3-5-18(19)13-26)12-23-22(28)16-8-6-15(7-9-16)21-24-14-29-25-21/h2-9,14H,1,10-13H2,(H,23,28). The van der Waals surface area contributed by atoms with Crippen LogP contribution in [0.25, 0.3) is 11.4 Å². The quantitative estimate of drug-likeness (QED) is 0.679. The molecule has 4 rings (SSSR count). The van der Waals surface area contributed by atoms with Gasteiger partial charge in [-0.3, -0.25) is 9.59 Å². The number of hydrogen-bond donors (Lipinski definition) is 1. The highest BCUT2D eigenvalue weighted by atomic mass is 16.5. The monoisotopic (exact) mass is 388 g/mol. The number of nitrogens with one attached hydrogen (secondary N) is 1. The van der Waals surface area contributed by atoms with E-state index in [9.17, 15) is 9.59 Å². The van der Waals surface area contributed by atoms with E-state index in [1.54, 1.807) is 29.2 Å². The third-order valence-corrected chi connectivity index (χ3v) is 5.06. The minimum atomic E-state index is -0.151. The topological polar surface area (TPSA) is 88.3 Å². The smallest absolute Gasteiger partial charge is 0.251 e. The van der Waals surface area contributed by atoms with Gasteiger partial charge in [0.2, 0.25) is 18.1 Å². The average Bonchev–Trinajstić information content (AvgIpc) is 3.31. The molecule has 0 spiro atoms. The molecule has 1 aliphatic rings. The molecule has 0 aliphatic carbocycles. The molecule has 2 heterocycles. The zero-order valence-electron chi connectivity index (χ0n) is 15.8. The third kappa shape index (κ3) is 3.94. The molecule has 0 radical (unpaired) electrons. The summed E-state index contributed by atoms with van der Waals surface area (Å²) in [6.45, 7) is 5.21. The molecular weight excluding hydrogens is 368 g/mol. The Morgan fingerprint density at radius 1 is 1.21 bits per heavy atom. The van der Waals surface area contributed by atoms with Crippen LogP contribution in [0.15, 0.2) is 66.0 Å². The van der Waals surface area contributed by atoms with Crippen LogP contribution >= 0.6 is 0 Å². The molecule has 0 saturated heterocycles. The van der Waals surface area contributed by atoms with Crippen LogP contribution in [0.1, 0.15) is 27.0 Å². The molecular formula is C22H20N4O3. The Kier molecular flexibility index (Phi) is 5.20. The zero-order chi connectivity index (χ0) is 20.2. The third-order valence-electron chi connectivity index (χ3n) is 5.06. The minimum absolute atomic E-state index is 0.0568. The summed E-state index contributed by atoms with van der Waals surface area (Å²) in [4.78, 5) is 30.2. The van der Waals surface area contributed by atoms with Gasteiger partial charge in [0.25, 0.3) is 5.91 Å². The van der Waals surface area contributed by atoms with Crippen molar-refractivity contribution >= 4 is 11.8 Å². The highest BCUT2D eigenvalue weighted by Gasteiger charge is 2.21. The summed E-state index contributed by atoms with van der Waals surface area (Å²) in [6.07, 6.45) is 3.38. The lowest BCUT2D eigenvalue weighted by atomic mass is 9.94. The molecule has 0 atom stereocenters. The summed E-state index contributed by atoms with van der Waals surface area (Å²) < 4.78 is 4.74. The number of rotatable bonds is 5. The maximum Gasteiger partial charge on any atom is 0.251 e. The first kappa shape index (κ1) is 18.6. The molecule has 7 nitrogen and oxygen atoms in total. The highest BCUT2D eigenvalue weighted by Crippen LogP contribution is 2.23. The van der Waals surface area contributed by atoms with Crippen LogP contribution in [-0.4, -0.2) is 33.4 Å². The number of fused-ring (bicyclic) bond motifs is 1. The van der Waals surface area contributed by atoms with Crippen LogP contribution in [0.4, 0.5) is 0 Å². The van der Waals surface area contributed by atoms with Gasteiger partial charge in [0.05, 0.1) is 0 Å². The Morgan fingerprint density at radius 3 is 2.76 bits per heavy atom. The SMILES string of the molecule is C=CC(=O)N1CCc2c(CNC(=O)c3ccc(-c4ncon4)cc3)cccc2C1. The van der Waals surface area contributed by atoms with Crippen molar-refractivity contribution in [3.05, 3.63) is 83.8 Å². The van der Waals surface area contributed by atoms with E-state index in [-0.39, 0.29) is 11.8 Å². The predicted molar refractivity (Wildman–Crippen MR) is 107 cm³/mol. The van der Waals surface area contributed by atoms with Gasteiger partial charge in [0.1, 0.15) is 0 Å². The number of carbonyl (C=O) groups excluding carboxylic acids is 2. The van der Waals surface area contributed by atoms with Crippen LogP contribution in [0.2, 0.25) is 0 Å². The first-order valence-corrected chi connectivity index (χ1v) is 9.31. The van der Waals surface area contributed by atoms with E-state index in [1.165, 1.54) is 18.0 Å². The van der Waals surface area contributed by atoms with Crippen molar-refractivity contribution in [2.45, 2.75) is 19.5 Å². The second-order valence-corrected chi connectivity index (χ2v) is 6.78. The van der Waals surface area contributed by atoms with E-state index in [4.69, 9.17) is 4.52 Å². The lowest BCUT2D eigenvalue weighted by Gasteiger charge is -2.29. The zero-order valence-corrected chi connectivity index (χ0v) is 15.8. The summed E-state index contributed by atoms with van der Waals surface area (Å²) in [5, 5.41) is 6.76. The van der Waals surface area contributed by atoms with Gasteiger partial charge < -0.3 is 14.7 Å². The number of benzene rings is 2. The van der Waals surface area contributed by atoms with Gasteiger partial charge in [-0.2, -0.15) is 4.98 Å². The van der Waals surface area contributed by atoms with Gasteiger partial charge in [0.15, 0.2) is 0 Å². The Balaban J connectivity index is 1.42. The van der Waals surface area contributed by atoms with Gasteiger partial charge in [-0.15, -0.1) is 0 Å². The summed E-state index contributed by atoms with van der Waals surface area (Å²) >= 11 is 0. The molecule has 2 aromatic carbocycles. The van der Waals surface area contributed by atoms with Gasteiger partial charge in [-0.25, -0.2) is 0 Å². The van der Waals surface area contributed by atoms with E-state index in [0.29, 0.717) is 31.0 Å². The second-order valence-electron chi connectivity index (χ2n) is 6.78. The average molecular weight is 388 g/mol. The van der Waals surface area contributed by atoms with Crippen molar-refractivity contribution in [3.8, 4) is 11.4 Å². The number of carbonyl (C=O) groups is 2. The minimum Gasteiger partial charge on any atom is -0.348 e. The Labute approximate surface area is 168 Å². The molecule has 2 amide bonds. The molecule has 29 heavy (non-hydrogen) atoms. The van der Waals surface area contributed by atoms with Gasteiger partial charge in [-0.1, -0.05) is 42.1 Å². The van der Waals surface area contributed by atoms with E-state index >= 15 is 0 Å². The molecule has 1 N–H and O–H groups in total. The van der Waals surface area contributed by atoms with Crippen LogP contribution in [0.3, 0.4) is 0 Å². The summed E-state index contributed by atoms with van der Waals surface area (Å²) in [5.41, 5.74) is 4.73. The van der Waals surface area contributed by atoms with Gasteiger partial charge in [0, 0.05) is 30.8 Å². The van der Waals surface area contributed by atoms with E-state index in [2.05, 4.69) is 22.0 Å². The summed E-state index contributed by atoms with van der Waals surface area (Å²) in [5.74, 6) is 0.275. The number of amides is 2. The maximum atomic E-state index is 12.5.